The molecule has 0 aromatic heterocycles. The highest BCUT2D eigenvalue weighted by Crippen LogP contribution is 2.30. The van der Waals surface area contributed by atoms with Gasteiger partial charge in [0.15, 0.2) is 0 Å². The molecule has 1 saturated carbocycles. The van der Waals surface area contributed by atoms with Gasteiger partial charge in [0, 0.05) is 16.8 Å². The van der Waals surface area contributed by atoms with Gasteiger partial charge in [0.05, 0.1) is 0 Å². The molecule has 4 heteroatoms. The van der Waals surface area contributed by atoms with Gasteiger partial charge in [-0.15, -0.1) is 0 Å². The number of para-hydroxylation sites is 1. The van der Waals surface area contributed by atoms with Crippen LogP contribution in [0.15, 0.2) is 84.0 Å². The predicted molar refractivity (Wildman–Crippen MR) is 125 cm³/mol. The second-order valence-corrected chi connectivity index (χ2v) is 8.04. The summed E-state index contributed by atoms with van der Waals surface area (Å²) >= 11 is 0. The summed E-state index contributed by atoms with van der Waals surface area (Å²) in [6.45, 7) is 2.61. The number of hydrogen-bond acceptors (Lipinski definition) is 3. The second-order valence-electron chi connectivity index (χ2n) is 8.04. The molecule has 0 radical (unpaired) electrons. The Balaban J connectivity index is 1.37. The number of hydrogen-bond donors (Lipinski definition) is 1. The number of hydrazone groups is 1. The van der Waals surface area contributed by atoms with Gasteiger partial charge in [0.2, 0.25) is 0 Å². The lowest BCUT2D eigenvalue weighted by atomic mass is 9.89. The third kappa shape index (κ3) is 5.40. The number of nitrogens with zero attached hydrogens (tertiary/aromatic N) is 1. The Labute approximate surface area is 184 Å². The van der Waals surface area contributed by atoms with Crippen LogP contribution in [0.4, 0.5) is 0 Å². The average molecular weight is 413 g/mol. The van der Waals surface area contributed by atoms with Crippen molar-refractivity contribution in [2.24, 2.45) is 11.0 Å². The summed E-state index contributed by atoms with van der Waals surface area (Å²) in [6.07, 6.45) is 4.52. The highest BCUT2D eigenvalue weighted by molar-refractivity contribution is 5.95. The van der Waals surface area contributed by atoms with Gasteiger partial charge >= 0.3 is 0 Å². The van der Waals surface area contributed by atoms with E-state index in [4.69, 9.17) is 4.74 Å². The van der Waals surface area contributed by atoms with Gasteiger partial charge in [0.1, 0.15) is 12.4 Å². The Morgan fingerprint density at radius 3 is 2.48 bits per heavy atom. The van der Waals surface area contributed by atoms with Gasteiger partial charge in [-0.1, -0.05) is 74.0 Å². The summed E-state index contributed by atoms with van der Waals surface area (Å²) in [6, 6.07) is 25.7. The molecular weight excluding hydrogens is 384 g/mol. The molecule has 0 bridgehead atoms. The molecule has 4 nitrogen and oxygen atoms in total. The van der Waals surface area contributed by atoms with Crippen LogP contribution in [0.3, 0.4) is 0 Å². The van der Waals surface area contributed by atoms with Crippen molar-refractivity contribution in [2.75, 3.05) is 0 Å². The van der Waals surface area contributed by atoms with Crippen LogP contribution in [0.2, 0.25) is 0 Å². The number of rotatable bonds is 6. The predicted octanol–water partition coefficient (Wildman–Crippen LogP) is 6.23. The Bertz CT molecular complexity index is 1040. The van der Waals surface area contributed by atoms with Gasteiger partial charge in [-0.05, 0) is 54.5 Å². The molecule has 0 aliphatic heterocycles. The number of nitrogens with one attached hydrogen (secondary N) is 1. The van der Waals surface area contributed by atoms with E-state index in [1.54, 1.807) is 0 Å². The maximum Gasteiger partial charge on any atom is 0.271 e. The fraction of sp³-hybridized carbons (Fsp3) is 0.259. The van der Waals surface area contributed by atoms with E-state index >= 15 is 0 Å². The number of ether oxygens (including phenoxy) is 1. The summed E-state index contributed by atoms with van der Waals surface area (Å²) in [5.74, 6) is 1.12. The molecule has 158 valence electrons. The van der Waals surface area contributed by atoms with E-state index in [9.17, 15) is 4.79 Å². The molecule has 3 aromatic rings. The molecule has 3 aromatic carbocycles. The van der Waals surface area contributed by atoms with Gasteiger partial charge in [-0.2, -0.15) is 5.10 Å². The lowest BCUT2D eigenvalue weighted by molar-refractivity contribution is 0.0954. The normalized spacial score (nSPS) is 17.3. The van der Waals surface area contributed by atoms with Gasteiger partial charge in [-0.3, -0.25) is 4.79 Å². The van der Waals surface area contributed by atoms with E-state index in [2.05, 4.69) is 35.7 Å². The molecule has 4 rings (SSSR count). The first kappa shape index (κ1) is 20.9. The SMILES string of the molecule is C[C@@H]1CCCC/C1=N/NC(=O)c1ccc(COc2ccccc2-c2ccccc2)cc1. The average Bonchev–Trinajstić information content (AvgIpc) is 2.83. The first-order chi connectivity index (χ1) is 15.2. The van der Waals surface area contributed by atoms with E-state index in [1.165, 1.54) is 6.42 Å². The van der Waals surface area contributed by atoms with Crippen LogP contribution in [-0.2, 0) is 6.61 Å². The molecule has 1 atom stereocenters. The monoisotopic (exact) mass is 412 g/mol. The van der Waals surface area contributed by atoms with Crippen molar-refractivity contribution in [1.82, 2.24) is 5.43 Å². The van der Waals surface area contributed by atoms with Crippen molar-refractivity contribution in [1.29, 1.82) is 0 Å². The largest absolute Gasteiger partial charge is 0.488 e. The number of carbonyl (C=O) groups is 1. The smallest absolute Gasteiger partial charge is 0.271 e. The van der Waals surface area contributed by atoms with Crippen molar-refractivity contribution >= 4 is 11.6 Å². The maximum atomic E-state index is 12.4. The molecule has 1 fully saturated rings. The lowest BCUT2D eigenvalue weighted by Gasteiger charge is -2.19. The zero-order chi connectivity index (χ0) is 21.5. The fourth-order valence-electron chi connectivity index (χ4n) is 3.89. The van der Waals surface area contributed by atoms with E-state index < -0.39 is 0 Å². The molecule has 0 saturated heterocycles. The standard InChI is InChI=1S/C27H28N2O2/c1-20-9-5-7-13-25(20)28-29-27(30)23-17-15-21(16-18-23)19-31-26-14-8-6-12-24(26)22-10-3-2-4-11-22/h2-4,6,8,10-12,14-18,20H,5,7,9,13,19H2,1H3,(H,29,30)/b28-25-/t20-/m1/s1. The van der Waals surface area contributed by atoms with E-state index in [0.29, 0.717) is 18.1 Å². The molecule has 0 spiro atoms. The zero-order valence-corrected chi connectivity index (χ0v) is 17.9. The van der Waals surface area contributed by atoms with Crippen molar-refractivity contribution in [2.45, 2.75) is 39.2 Å². The van der Waals surface area contributed by atoms with E-state index in [-0.39, 0.29) is 5.91 Å². The fourth-order valence-corrected chi connectivity index (χ4v) is 3.89. The van der Waals surface area contributed by atoms with Gasteiger partial charge < -0.3 is 4.74 Å². The van der Waals surface area contributed by atoms with Crippen LogP contribution in [0.1, 0.15) is 48.5 Å². The van der Waals surface area contributed by atoms with Gasteiger partial charge in [0.25, 0.3) is 5.91 Å². The molecule has 31 heavy (non-hydrogen) atoms. The number of amides is 1. The molecule has 0 unspecified atom stereocenters. The maximum absolute atomic E-state index is 12.4. The molecule has 1 N–H and O–H groups in total. The summed E-state index contributed by atoms with van der Waals surface area (Å²) in [7, 11) is 0. The quantitative estimate of drug-likeness (QED) is 0.488. The third-order valence-electron chi connectivity index (χ3n) is 5.77. The number of benzene rings is 3. The van der Waals surface area contributed by atoms with Crippen LogP contribution in [0, 0.1) is 5.92 Å². The minimum atomic E-state index is -0.174. The summed E-state index contributed by atoms with van der Waals surface area (Å²) in [4.78, 5) is 12.4. The van der Waals surface area contributed by atoms with Crippen LogP contribution in [0.5, 0.6) is 5.75 Å². The van der Waals surface area contributed by atoms with Crippen molar-refractivity contribution in [3.63, 3.8) is 0 Å². The minimum absolute atomic E-state index is 0.174. The lowest BCUT2D eigenvalue weighted by Crippen LogP contribution is -2.24. The summed E-state index contributed by atoms with van der Waals surface area (Å²) in [5.41, 5.74) is 7.61. The second kappa shape index (κ2) is 10.1. The first-order valence-electron chi connectivity index (χ1n) is 10.9. The first-order valence-corrected chi connectivity index (χ1v) is 10.9. The van der Waals surface area contributed by atoms with Crippen LogP contribution < -0.4 is 10.2 Å². The molecule has 1 amide bonds. The zero-order valence-electron chi connectivity index (χ0n) is 17.9. The topological polar surface area (TPSA) is 50.7 Å². The van der Waals surface area contributed by atoms with Crippen molar-refractivity contribution < 1.29 is 9.53 Å². The van der Waals surface area contributed by atoms with Gasteiger partial charge in [-0.25, -0.2) is 5.43 Å². The highest BCUT2D eigenvalue weighted by atomic mass is 16.5. The van der Waals surface area contributed by atoms with Crippen LogP contribution in [-0.4, -0.2) is 11.6 Å². The molecule has 1 aliphatic carbocycles. The molecular formula is C27H28N2O2. The third-order valence-corrected chi connectivity index (χ3v) is 5.77. The van der Waals surface area contributed by atoms with E-state index in [1.807, 2.05) is 60.7 Å². The van der Waals surface area contributed by atoms with Crippen LogP contribution >= 0.6 is 0 Å². The Hall–Kier alpha value is -3.40. The van der Waals surface area contributed by atoms with E-state index in [0.717, 1.165) is 47.4 Å². The van der Waals surface area contributed by atoms with Crippen molar-refractivity contribution in [3.8, 4) is 16.9 Å². The Morgan fingerprint density at radius 1 is 0.968 bits per heavy atom. The Kier molecular flexibility index (Phi) is 6.78. The van der Waals surface area contributed by atoms with Crippen molar-refractivity contribution in [3.05, 3.63) is 90.0 Å². The minimum Gasteiger partial charge on any atom is -0.488 e. The summed E-state index contributed by atoms with van der Waals surface area (Å²) in [5, 5.41) is 4.37. The molecule has 1 aliphatic rings. The molecule has 0 heterocycles. The number of carbonyl (C=O) groups excluding carboxylic acids is 1. The van der Waals surface area contributed by atoms with Crippen LogP contribution in [0.25, 0.3) is 11.1 Å². The Morgan fingerprint density at radius 2 is 1.71 bits per heavy atom. The summed E-state index contributed by atoms with van der Waals surface area (Å²) < 4.78 is 6.09. The highest BCUT2D eigenvalue weighted by Gasteiger charge is 2.16.